The van der Waals surface area contributed by atoms with Gasteiger partial charge in [-0.15, -0.1) is 6.58 Å². The lowest BCUT2D eigenvalue weighted by Crippen LogP contribution is -2.16. The smallest absolute Gasteiger partial charge is 0.274 e. The van der Waals surface area contributed by atoms with Crippen LogP contribution in [0, 0.1) is 0 Å². The molecule has 0 aliphatic carbocycles. The molecular formula is C22H21N5O2. The molecule has 0 aliphatic heterocycles. The third kappa shape index (κ3) is 5.49. The van der Waals surface area contributed by atoms with E-state index in [1.54, 1.807) is 36.4 Å². The number of amides is 2. The highest BCUT2D eigenvalue weighted by molar-refractivity contribution is 6.03. The van der Waals surface area contributed by atoms with Gasteiger partial charge in [0.15, 0.2) is 5.82 Å². The van der Waals surface area contributed by atoms with Gasteiger partial charge in [0.05, 0.1) is 0 Å². The van der Waals surface area contributed by atoms with Crippen molar-refractivity contribution in [2.45, 2.75) is 6.92 Å². The molecule has 3 aromatic rings. The van der Waals surface area contributed by atoms with Crippen molar-refractivity contribution in [2.75, 3.05) is 22.5 Å². The molecule has 2 aromatic carbocycles. The number of hydrogen-bond donors (Lipinski definition) is 3. The zero-order chi connectivity index (χ0) is 20.6. The van der Waals surface area contributed by atoms with Gasteiger partial charge in [-0.2, -0.15) is 0 Å². The normalized spacial score (nSPS) is 10.1. The first-order valence-corrected chi connectivity index (χ1v) is 9.03. The van der Waals surface area contributed by atoms with Gasteiger partial charge in [-0.05, 0) is 24.3 Å². The van der Waals surface area contributed by atoms with Gasteiger partial charge >= 0.3 is 0 Å². The minimum absolute atomic E-state index is 0.157. The number of hydrogen-bond acceptors (Lipinski definition) is 5. The Bertz CT molecular complexity index is 1020. The molecule has 0 aliphatic rings. The van der Waals surface area contributed by atoms with Crippen LogP contribution in [0.15, 0.2) is 73.3 Å². The predicted molar refractivity (Wildman–Crippen MR) is 115 cm³/mol. The van der Waals surface area contributed by atoms with Crippen molar-refractivity contribution in [3.63, 3.8) is 0 Å². The minimum Gasteiger partial charge on any atom is -0.366 e. The summed E-state index contributed by atoms with van der Waals surface area (Å²) >= 11 is 0. The summed E-state index contributed by atoms with van der Waals surface area (Å²) in [6.07, 6.45) is 1.71. The van der Waals surface area contributed by atoms with E-state index >= 15 is 0 Å². The lowest BCUT2D eigenvalue weighted by Gasteiger charge is -2.10. The van der Waals surface area contributed by atoms with Crippen LogP contribution in [0.1, 0.15) is 17.4 Å². The fraction of sp³-hybridized carbons (Fsp3) is 0.0909. The van der Waals surface area contributed by atoms with Gasteiger partial charge in [-0.25, -0.2) is 9.97 Å². The number of aromatic nitrogens is 2. The molecule has 0 saturated carbocycles. The highest BCUT2D eigenvalue weighted by Gasteiger charge is 2.13. The molecule has 0 atom stereocenters. The summed E-state index contributed by atoms with van der Waals surface area (Å²) in [7, 11) is 0. The third-order valence-corrected chi connectivity index (χ3v) is 3.88. The maximum Gasteiger partial charge on any atom is 0.274 e. The molecule has 29 heavy (non-hydrogen) atoms. The lowest BCUT2D eigenvalue weighted by molar-refractivity contribution is -0.114. The summed E-state index contributed by atoms with van der Waals surface area (Å²) in [5.74, 6) is 0.463. The quantitative estimate of drug-likeness (QED) is 0.534. The molecule has 0 spiro atoms. The average molecular weight is 387 g/mol. The molecule has 0 radical (unpaired) electrons. The van der Waals surface area contributed by atoms with Crippen LogP contribution in [0.2, 0.25) is 0 Å². The number of nitrogens with one attached hydrogen (secondary N) is 3. The van der Waals surface area contributed by atoms with E-state index in [9.17, 15) is 9.59 Å². The second kappa shape index (κ2) is 9.27. The first-order valence-electron chi connectivity index (χ1n) is 9.03. The summed E-state index contributed by atoms with van der Waals surface area (Å²) in [6, 6.07) is 17.9. The first kappa shape index (κ1) is 19.8. The summed E-state index contributed by atoms with van der Waals surface area (Å²) in [6.45, 7) is 5.63. The van der Waals surface area contributed by atoms with E-state index in [1.807, 2.05) is 30.3 Å². The molecule has 1 heterocycles. The summed E-state index contributed by atoms with van der Waals surface area (Å²) in [5, 5.41) is 8.59. The predicted octanol–water partition coefficient (Wildman–Crippen LogP) is 3.95. The van der Waals surface area contributed by atoms with Gasteiger partial charge in [0.2, 0.25) is 5.91 Å². The summed E-state index contributed by atoms with van der Waals surface area (Å²) in [5.41, 5.74) is 2.28. The Kier molecular flexibility index (Phi) is 6.32. The number of benzene rings is 2. The number of carbonyl (C=O) groups excluding carboxylic acids is 2. The molecule has 3 N–H and O–H groups in total. The van der Waals surface area contributed by atoms with Crippen LogP contribution in [0.4, 0.5) is 17.2 Å². The third-order valence-electron chi connectivity index (χ3n) is 3.88. The van der Waals surface area contributed by atoms with Crippen LogP contribution < -0.4 is 16.0 Å². The minimum atomic E-state index is -0.362. The Morgan fingerprint density at radius 1 is 0.966 bits per heavy atom. The first-order chi connectivity index (χ1) is 14.0. The van der Waals surface area contributed by atoms with Gasteiger partial charge in [-0.3, -0.25) is 9.59 Å². The highest BCUT2D eigenvalue weighted by Crippen LogP contribution is 2.19. The van der Waals surface area contributed by atoms with Crippen molar-refractivity contribution in [1.29, 1.82) is 0 Å². The van der Waals surface area contributed by atoms with E-state index in [0.717, 1.165) is 5.56 Å². The number of nitrogens with zero attached hydrogens (tertiary/aromatic N) is 2. The molecule has 3 rings (SSSR count). The van der Waals surface area contributed by atoms with Gasteiger partial charge < -0.3 is 16.0 Å². The van der Waals surface area contributed by atoms with E-state index in [0.29, 0.717) is 29.6 Å². The van der Waals surface area contributed by atoms with Crippen molar-refractivity contribution in [3.05, 3.63) is 79.0 Å². The van der Waals surface area contributed by atoms with E-state index in [2.05, 4.69) is 32.5 Å². The molecule has 0 unspecified atom stereocenters. The fourth-order valence-electron chi connectivity index (χ4n) is 2.58. The molecule has 0 bridgehead atoms. The Labute approximate surface area is 168 Å². The molecule has 2 amide bonds. The molecule has 7 heteroatoms. The molecule has 0 saturated heterocycles. The lowest BCUT2D eigenvalue weighted by atomic mass is 10.2. The van der Waals surface area contributed by atoms with E-state index < -0.39 is 0 Å². The Morgan fingerprint density at radius 3 is 2.24 bits per heavy atom. The van der Waals surface area contributed by atoms with E-state index in [1.165, 1.54) is 6.92 Å². The topological polar surface area (TPSA) is 96.0 Å². The van der Waals surface area contributed by atoms with Gasteiger partial charge in [0, 0.05) is 36.5 Å². The van der Waals surface area contributed by atoms with Crippen LogP contribution in [-0.2, 0) is 4.79 Å². The van der Waals surface area contributed by atoms with Gasteiger partial charge in [0.1, 0.15) is 11.5 Å². The second-order valence-electron chi connectivity index (χ2n) is 6.21. The Hall–Kier alpha value is -4.00. The van der Waals surface area contributed by atoms with Crippen molar-refractivity contribution in [1.82, 2.24) is 9.97 Å². The van der Waals surface area contributed by atoms with E-state index in [-0.39, 0.29) is 17.5 Å². The fourth-order valence-corrected chi connectivity index (χ4v) is 2.58. The summed E-state index contributed by atoms with van der Waals surface area (Å²) in [4.78, 5) is 32.8. The number of rotatable bonds is 7. The molecule has 7 nitrogen and oxygen atoms in total. The standard InChI is InChI=1S/C22H21N5O2/c1-3-13-23-20-14-19(26-21(27-20)16-7-5-4-6-8-16)22(29)25-18-11-9-17(10-12-18)24-15(2)28/h3-12,14H,1,13H2,2H3,(H,24,28)(H,25,29)(H,23,26,27). The highest BCUT2D eigenvalue weighted by atomic mass is 16.2. The van der Waals surface area contributed by atoms with Crippen LogP contribution in [0.5, 0.6) is 0 Å². The van der Waals surface area contributed by atoms with Crippen molar-refractivity contribution in [3.8, 4) is 11.4 Å². The number of carbonyl (C=O) groups is 2. The van der Waals surface area contributed by atoms with Crippen LogP contribution >= 0.6 is 0 Å². The molecule has 1 aromatic heterocycles. The second-order valence-corrected chi connectivity index (χ2v) is 6.21. The van der Waals surface area contributed by atoms with E-state index in [4.69, 9.17) is 0 Å². The van der Waals surface area contributed by atoms with Crippen LogP contribution in [0.3, 0.4) is 0 Å². The monoisotopic (exact) mass is 387 g/mol. The molecule has 146 valence electrons. The maximum absolute atomic E-state index is 12.8. The Morgan fingerprint density at radius 2 is 1.62 bits per heavy atom. The van der Waals surface area contributed by atoms with Crippen LogP contribution in [0.25, 0.3) is 11.4 Å². The largest absolute Gasteiger partial charge is 0.366 e. The Balaban J connectivity index is 1.85. The van der Waals surface area contributed by atoms with Gasteiger partial charge in [-0.1, -0.05) is 36.4 Å². The van der Waals surface area contributed by atoms with Crippen molar-refractivity contribution in [2.24, 2.45) is 0 Å². The average Bonchev–Trinajstić information content (AvgIpc) is 2.73. The van der Waals surface area contributed by atoms with Gasteiger partial charge in [0.25, 0.3) is 5.91 Å². The van der Waals surface area contributed by atoms with Crippen LogP contribution in [-0.4, -0.2) is 28.3 Å². The zero-order valence-electron chi connectivity index (χ0n) is 16.0. The SMILES string of the molecule is C=CCNc1cc(C(=O)Nc2ccc(NC(C)=O)cc2)nc(-c2ccccc2)n1. The molecular weight excluding hydrogens is 366 g/mol. The summed E-state index contributed by atoms with van der Waals surface area (Å²) < 4.78 is 0. The zero-order valence-corrected chi connectivity index (χ0v) is 16.0. The van der Waals surface area contributed by atoms with Crippen molar-refractivity contribution < 1.29 is 9.59 Å². The van der Waals surface area contributed by atoms with Crippen molar-refractivity contribution >= 4 is 29.0 Å². The maximum atomic E-state index is 12.8. The molecule has 0 fully saturated rings. The number of anilines is 3.